The second-order valence-corrected chi connectivity index (χ2v) is 7.80. The average Bonchev–Trinajstić information content (AvgIpc) is 2.82. The summed E-state index contributed by atoms with van der Waals surface area (Å²) in [6, 6.07) is 6.73. The number of nitrogens with one attached hydrogen (secondary N) is 1. The molecule has 0 amide bonds. The number of sulfone groups is 1. The van der Waals surface area contributed by atoms with Crippen LogP contribution in [0.2, 0.25) is 0 Å². The van der Waals surface area contributed by atoms with Gasteiger partial charge in [0, 0.05) is 25.9 Å². The first kappa shape index (κ1) is 16.1. The van der Waals surface area contributed by atoms with Gasteiger partial charge >= 0.3 is 0 Å². The summed E-state index contributed by atoms with van der Waals surface area (Å²) >= 11 is 0. The van der Waals surface area contributed by atoms with Crippen molar-refractivity contribution in [3.8, 4) is 5.69 Å². The van der Waals surface area contributed by atoms with Crippen molar-refractivity contribution < 1.29 is 8.42 Å². The molecule has 0 bridgehead atoms. The molecule has 0 aliphatic carbocycles. The minimum Gasteiger partial charge on any atom is -0.315 e. The summed E-state index contributed by atoms with van der Waals surface area (Å²) in [7, 11) is -3.19. The van der Waals surface area contributed by atoms with E-state index in [2.05, 4.69) is 20.5 Å². The molecule has 0 unspecified atom stereocenters. The van der Waals surface area contributed by atoms with Crippen LogP contribution in [0.3, 0.4) is 0 Å². The van der Waals surface area contributed by atoms with E-state index in [4.69, 9.17) is 0 Å². The maximum atomic E-state index is 11.5. The molecule has 124 valence electrons. The Hall–Kier alpha value is -1.77. The zero-order valence-electron chi connectivity index (χ0n) is 13.1. The van der Waals surface area contributed by atoms with Gasteiger partial charge in [0.05, 0.1) is 22.5 Å². The third-order valence-electron chi connectivity index (χ3n) is 3.95. The molecule has 1 aromatic carbocycles. The van der Waals surface area contributed by atoms with Gasteiger partial charge in [-0.3, -0.25) is 4.90 Å². The largest absolute Gasteiger partial charge is 0.315 e. The van der Waals surface area contributed by atoms with Crippen LogP contribution in [0, 0.1) is 0 Å². The van der Waals surface area contributed by atoms with Gasteiger partial charge in [0.1, 0.15) is 0 Å². The summed E-state index contributed by atoms with van der Waals surface area (Å²) in [5.74, 6) is 0. The second-order valence-electron chi connectivity index (χ2n) is 5.78. The lowest BCUT2D eigenvalue weighted by atomic mass is 10.3. The monoisotopic (exact) mass is 335 g/mol. The van der Waals surface area contributed by atoms with Crippen molar-refractivity contribution in [1.29, 1.82) is 0 Å². The number of nitrogens with zero attached hydrogens (tertiary/aromatic N) is 4. The van der Waals surface area contributed by atoms with E-state index >= 15 is 0 Å². The molecule has 0 saturated carbocycles. The van der Waals surface area contributed by atoms with E-state index < -0.39 is 9.84 Å². The van der Waals surface area contributed by atoms with Crippen LogP contribution in [0.1, 0.15) is 12.1 Å². The molecule has 1 aliphatic heterocycles. The van der Waals surface area contributed by atoms with E-state index in [0.717, 1.165) is 50.5 Å². The fourth-order valence-electron chi connectivity index (χ4n) is 2.70. The van der Waals surface area contributed by atoms with Gasteiger partial charge in [0.15, 0.2) is 9.84 Å². The number of aromatic nitrogens is 3. The van der Waals surface area contributed by atoms with Crippen molar-refractivity contribution in [1.82, 2.24) is 25.2 Å². The fraction of sp³-hybridized carbons (Fsp3) is 0.467. The molecule has 3 rings (SSSR count). The number of benzene rings is 1. The van der Waals surface area contributed by atoms with Gasteiger partial charge in [-0.05, 0) is 43.8 Å². The SMILES string of the molecule is CS(=O)(=O)c1ccc(-n2nncc2CN2CCCNCC2)cc1. The molecular formula is C15H21N5O2S. The Labute approximate surface area is 136 Å². The van der Waals surface area contributed by atoms with Crippen LogP contribution < -0.4 is 5.32 Å². The summed E-state index contributed by atoms with van der Waals surface area (Å²) in [5.41, 5.74) is 1.82. The van der Waals surface area contributed by atoms with E-state index in [1.165, 1.54) is 6.26 Å². The Kier molecular flexibility index (Phi) is 4.74. The molecular weight excluding hydrogens is 314 g/mol. The highest BCUT2D eigenvalue weighted by molar-refractivity contribution is 7.90. The van der Waals surface area contributed by atoms with Gasteiger partial charge in [-0.1, -0.05) is 5.21 Å². The van der Waals surface area contributed by atoms with Gasteiger partial charge in [0.2, 0.25) is 0 Å². The Morgan fingerprint density at radius 1 is 1.17 bits per heavy atom. The average molecular weight is 335 g/mol. The maximum absolute atomic E-state index is 11.5. The predicted molar refractivity (Wildman–Crippen MR) is 87.2 cm³/mol. The molecule has 2 heterocycles. The zero-order chi connectivity index (χ0) is 16.3. The van der Waals surface area contributed by atoms with Gasteiger partial charge in [-0.2, -0.15) is 0 Å². The predicted octanol–water partition coefficient (Wildman–Crippen LogP) is 0.466. The lowest BCUT2D eigenvalue weighted by Crippen LogP contribution is -2.28. The molecule has 1 aromatic heterocycles. The molecule has 0 radical (unpaired) electrons. The van der Waals surface area contributed by atoms with Crippen LogP contribution in [0.4, 0.5) is 0 Å². The summed E-state index contributed by atoms with van der Waals surface area (Å²) in [6.07, 6.45) is 4.10. The van der Waals surface area contributed by atoms with E-state index in [-0.39, 0.29) is 0 Å². The van der Waals surface area contributed by atoms with Crippen LogP contribution >= 0.6 is 0 Å². The van der Waals surface area contributed by atoms with Crippen molar-refractivity contribution >= 4 is 9.84 Å². The first-order chi connectivity index (χ1) is 11.0. The quantitative estimate of drug-likeness (QED) is 0.875. The standard InChI is InChI=1S/C15H21N5O2S/c1-23(21,22)15-5-3-13(4-6-15)20-14(11-17-18-20)12-19-9-2-7-16-8-10-19/h3-6,11,16H,2,7-10,12H2,1H3. The van der Waals surface area contributed by atoms with Crippen LogP contribution in [0.5, 0.6) is 0 Å². The van der Waals surface area contributed by atoms with Crippen LogP contribution in [0.25, 0.3) is 5.69 Å². The molecule has 8 heteroatoms. The molecule has 1 saturated heterocycles. The summed E-state index contributed by atoms with van der Waals surface area (Å²) in [6.45, 7) is 4.87. The van der Waals surface area contributed by atoms with E-state index in [1.54, 1.807) is 35.1 Å². The molecule has 7 nitrogen and oxygen atoms in total. The van der Waals surface area contributed by atoms with Crippen LogP contribution in [-0.4, -0.2) is 60.7 Å². The molecule has 0 atom stereocenters. The van der Waals surface area contributed by atoms with Gasteiger partial charge in [0.25, 0.3) is 0 Å². The highest BCUT2D eigenvalue weighted by Gasteiger charge is 2.14. The molecule has 1 aliphatic rings. The molecule has 23 heavy (non-hydrogen) atoms. The van der Waals surface area contributed by atoms with Crippen molar-refractivity contribution in [3.05, 3.63) is 36.2 Å². The molecule has 1 fully saturated rings. The Balaban J connectivity index is 1.80. The summed E-state index contributed by atoms with van der Waals surface area (Å²) in [4.78, 5) is 2.68. The lowest BCUT2D eigenvalue weighted by Gasteiger charge is -2.19. The minimum absolute atomic E-state index is 0.307. The van der Waals surface area contributed by atoms with E-state index in [1.807, 2.05) is 0 Å². The van der Waals surface area contributed by atoms with Crippen LogP contribution in [0.15, 0.2) is 35.4 Å². The number of hydrogen-bond acceptors (Lipinski definition) is 6. The highest BCUT2D eigenvalue weighted by Crippen LogP contribution is 2.15. The number of rotatable bonds is 4. The Bertz CT molecular complexity index is 746. The van der Waals surface area contributed by atoms with Crippen molar-refractivity contribution in [2.45, 2.75) is 17.9 Å². The third-order valence-corrected chi connectivity index (χ3v) is 5.08. The molecule has 1 N–H and O–H groups in total. The van der Waals surface area contributed by atoms with Gasteiger partial charge in [-0.25, -0.2) is 13.1 Å². The Morgan fingerprint density at radius 3 is 2.70 bits per heavy atom. The first-order valence-electron chi connectivity index (χ1n) is 7.67. The topological polar surface area (TPSA) is 80.1 Å². The first-order valence-corrected chi connectivity index (χ1v) is 9.56. The number of hydrogen-bond donors (Lipinski definition) is 1. The second kappa shape index (κ2) is 6.77. The van der Waals surface area contributed by atoms with Gasteiger partial charge < -0.3 is 5.32 Å². The summed E-state index contributed by atoms with van der Waals surface area (Å²) < 4.78 is 24.9. The van der Waals surface area contributed by atoms with Gasteiger partial charge in [-0.15, -0.1) is 5.10 Å². The minimum atomic E-state index is -3.19. The molecule has 2 aromatic rings. The highest BCUT2D eigenvalue weighted by atomic mass is 32.2. The maximum Gasteiger partial charge on any atom is 0.175 e. The Morgan fingerprint density at radius 2 is 1.96 bits per heavy atom. The van der Waals surface area contributed by atoms with Crippen molar-refractivity contribution in [3.63, 3.8) is 0 Å². The third kappa shape index (κ3) is 3.95. The van der Waals surface area contributed by atoms with Crippen molar-refractivity contribution in [2.75, 3.05) is 32.4 Å². The van der Waals surface area contributed by atoms with Crippen molar-refractivity contribution in [2.24, 2.45) is 0 Å². The normalized spacial score (nSPS) is 17.1. The zero-order valence-corrected chi connectivity index (χ0v) is 14.0. The lowest BCUT2D eigenvalue weighted by molar-refractivity contribution is 0.278. The van der Waals surface area contributed by atoms with Crippen LogP contribution in [-0.2, 0) is 16.4 Å². The molecule has 0 spiro atoms. The van der Waals surface area contributed by atoms with E-state index in [0.29, 0.717) is 4.90 Å². The fourth-order valence-corrected chi connectivity index (χ4v) is 3.34. The summed E-state index contributed by atoms with van der Waals surface area (Å²) in [5, 5.41) is 11.5. The smallest absolute Gasteiger partial charge is 0.175 e. The van der Waals surface area contributed by atoms with E-state index in [9.17, 15) is 8.42 Å².